The zero-order chi connectivity index (χ0) is 17.6. The smallest absolute Gasteiger partial charge is 0.336 e. The van der Waals surface area contributed by atoms with Gasteiger partial charge >= 0.3 is 5.63 Å². The highest BCUT2D eigenvalue weighted by Crippen LogP contribution is 2.39. The number of hydrogen-bond donors (Lipinski definition) is 0. The lowest BCUT2D eigenvalue weighted by molar-refractivity contribution is 0.0890. The van der Waals surface area contributed by atoms with Crippen molar-refractivity contribution in [3.8, 4) is 5.75 Å². The molecular weight excluding hydrogens is 338 g/mol. The average molecular weight is 356 g/mol. The minimum absolute atomic E-state index is 0.356. The largest absolute Gasteiger partial charge is 0.476 e. The molecule has 0 amide bonds. The van der Waals surface area contributed by atoms with Gasteiger partial charge in [0.15, 0.2) is 0 Å². The van der Waals surface area contributed by atoms with Crippen LogP contribution in [-0.2, 0) is 13.1 Å². The molecule has 4 nitrogen and oxygen atoms in total. The predicted octanol–water partition coefficient (Wildman–Crippen LogP) is 4.42. The van der Waals surface area contributed by atoms with E-state index in [0.29, 0.717) is 29.6 Å². The van der Waals surface area contributed by atoms with Crippen LogP contribution in [0.5, 0.6) is 5.75 Å². The van der Waals surface area contributed by atoms with Crippen LogP contribution in [0.15, 0.2) is 45.6 Å². The molecule has 0 bridgehead atoms. The molecule has 4 rings (SSSR count). The van der Waals surface area contributed by atoms with Crippen LogP contribution in [0.1, 0.15) is 22.3 Å². The SMILES string of the molecule is Cc1ccc(CN2COc3c(Cl)cc4c(C)cc(=O)oc4c3C2)cc1. The molecule has 0 spiro atoms. The lowest BCUT2D eigenvalue weighted by Gasteiger charge is -2.30. The van der Waals surface area contributed by atoms with Crippen molar-refractivity contribution in [3.05, 3.63) is 74.1 Å². The summed E-state index contributed by atoms with van der Waals surface area (Å²) in [4.78, 5) is 14.0. The molecule has 0 fully saturated rings. The molecule has 0 atom stereocenters. The molecule has 25 heavy (non-hydrogen) atoms. The Morgan fingerprint density at radius 3 is 2.68 bits per heavy atom. The molecule has 5 heteroatoms. The minimum Gasteiger partial charge on any atom is -0.476 e. The van der Waals surface area contributed by atoms with Crippen molar-refractivity contribution in [1.29, 1.82) is 0 Å². The zero-order valence-electron chi connectivity index (χ0n) is 14.1. The van der Waals surface area contributed by atoms with E-state index in [9.17, 15) is 4.79 Å². The summed E-state index contributed by atoms with van der Waals surface area (Å²) >= 11 is 6.39. The highest BCUT2D eigenvalue weighted by atomic mass is 35.5. The number of ether oxygens (including phenoxy) is 1. The van der Waals surface area contributed by atoms with Crippen LogP contribution in [0.3, 0.4) is 0 Å². The normalized spacial score (nSPS) is 14.4. The van der Waals surface area contributed by atoms with Gasteiger partial charge in [-0.1, -0.05) is 41.4 Å². The Hall–Kier alpha value is -2.30. The first-order valence-corrected chi connectivity index (χ1v) is 8.55. The minimum atomic E-state index is -0.356. The molecule has 2 aromatic carbocycles. The second kappa shape index (κ2) is 6.21. The predicted molar refractivity (Wildman–Crippen MR) is 98.2 cm³/mol. The summed E-state index contributed by atoms with van der Waals surface area (Å²) in [5, 5.41) is 1.40. The molecule has 1 aliphatic rings. The standard InChI is InChI=1S/C20H18ClNO3/c1-12-3-5-14(6-4-12)9-22-10-16-19-15(13(2)7-18(23)25-19)8-17(21)20(16)24-11-22/h3-8H,9-11H2,1-2H3. The zero-order valence-corrected chi connectivity index (χ0v) is 14.9. The highest BCUT2D eigenvalue weighted by Gasteiger charge is 2.24. The van der Waals surface area contributed by atoms with Crippen molar-refractivity contribution in [1.82, 2.24) is 4.90 Å². The van der Waals surface area contributed by atoms with Crippen molar-refractivity contribution >= 4 is 22.6 Å². The summed E-state index contributed by atoms with van der Waals surface area (Å²) in [7, 11) is 0. The van der Waals surface area contributed by atoms with Crippen LogP contribution in [-0.4, -0.2) is 11.6 Å². The highest BCUT2D eigenvalue weighted by molar-refractivity contribution is 6.33. The van der Waals surface area contributed by atoms with Crippen molar-refractivity contribution < 1.29 is 9.15 Å². The van der Waals surface area contributed by atoms with Crippen molar-refractivity contribution in [2.24, 2.45) is 0 Å². The van der Waals surface area contributed by atoms with E-state index in [0.717, 1.165) is 23.1 Å². The topological polar surface area (TPSA) is 42.7 Å². The Bertz CT molecular complexity index is 1010. The third kappa shape index (κ3) is 3.03. The van der Waals surface area contributed by atoms with Gasteiger partial charge in [0.25, 0.3) is 0 Å². The van der Waals surface area contributed by atoms with E-state index < -0.39 is 0 Å². The first-order chi connectivity index (χ1) is 12.0. The van der Waals surface area contributed by atoms with Gasteiger partial charge < -0.3 is 9.15 Å². The van der Waals surface area contributed by atoms with Crippen LogP contribution in [0.2, 0.25) is 5.02 Å². The lowest BCUT2D eigenvalue weighted by Crippen LogP contribution is -2.32. The monoisotopic (exact) mass is 355 g/mol. The Balaban J connectivity index is 1.74. The van der Waals surface area contributed by atoms with Crippen LogP contribution >= 0.6 is 11.6 Å². The maximum absolute atomic E-state index is 11.8. The fourth-order valence-electron chi connectivity index (χ4n) is 3.24. The molecule has 0 unspecified atom stereocenters. The molecule has 0 saturated carbocycles. The van der Waals surface area contributed by atoms with Crippen molar-refractivity contribution in [2.75, 3.05) is 6.73 Å². The van der Waals surface area contributed by atoms with Gasteiger partial charge in [-0.25, -0.2) is 4.79 Å². The van der Waals surface area contributed by atoms with Gasteiger partial charge in [-0.2, -0.15) is 0 Å². The van der Waals surface area contributed by atoms with Crippen molar-refractivity contribution in [3.63, 3.8) is 0 Å². The second-order valence-electron chi connectivity index (χ2n) is 6.54. The number of rotatable bonds is 2. The number of fused-ring (bicyclic) bond motifs is 3. The summed E-state index contributed by atoms with van der Waals surface area (Å²) in [6.07, 6.45) is 0. The Kier molecular flexibility index (Phi) is 4.02. The second-order valence-corrected chi connectivity index (χ2v) is 6.94. The molecule has 0 aliphatic carbocycles. The molecular formula is C20H18ClNO3. The first-order valence-electron chi connectivity index (χ1n) is 8.18. The van der Waals surface area contributed by atoms with Gasteiger partial charge in [0.2, 0.25) is 0 Å². The summed E-state index contributed by atoms with van der Waals surface area (Å²) in [5.74, 6) is 0.614. The summed E-state index contributed by atoms with van der Waals surface area (Å²) in [5.41, 5.74) is 4.34. The van der Waals surface area contributed by atoms with Crippen molar-refractivity contribution in [2.45, 2.75) is 26.9 Å². The number of aryl methyl sites for hydroxylation is 2. The molecule has 0 N–H and O–H groups in total. The number of benzene rings is 2. The van der Waals surface area contributed by atoms with Crippen LogP contribution in [0.25, 0.3) is 11.0 Å². The van der Waals surface area contributed by atoms with E-state index in [2.05, 4.69) is 36.1 Å². The number of hydrogen-bond acceptors (Lipinski definition) is 4. The van der Waals surface area contributed by atoms with E-state index in [4.69, 9.17) is 20.8 Å². The van der Waals surface area contributed by atoms with Gasteiger partial charge in [-0.3, -0.25) is 4.90 Å². The quantitative estimate of drug-likeness (QED) is 0.638. The summed E-state index contributed by atoms with van der Waals surface area (Å²) < 4.78 is 11.4. The van der Waals surface area contributed by atoms with Crippen LogP contribution < -0.4 is 10.4 Å². The third-order valence-corrected chi connectivity index (χ3v) is 4.82. The number of halogens is 1. The van der Waals surface area contributed by atoms with E-state index in [1.165, 1.54) is 17.2 Å². The average Bonchev–Trinajstić information content (AvgIpc) is 2.58. The van der Waals surface area contributed by atoms with E-state index in [-0.39, 0.29) is 5.63 Å². The van der Waals surface area contributed by atoms with Gasteiger partial charge in [-0.05, 0) is 31.0 Å². The lowest BCUT2D eigenvalue weighted by atomic mass is 10.0. The number of nitrogens with zero attached hydrogens (tertiary/aromatic N) is 1. The summed E-state index contributed by atoms with van der Waals surface area (Å²) in [6, 6.07) is 11.7. The fraction of sp³-hybridized carbons (Fsp3) is 0.250. The van der Waals surface area contributed by atoms with Gasteiger partial charge in [0, 0.05) is 24.5 Å². The molecule has 1 aromatic heterocycles. The molecule has 2 heterocycles. The third-order valence-electron chi connectivity index (χ3n) is 4.54. The molecule has 1 aliphatic heterocycles. The Morgan fingerprint density at radius 2 is 1.92 bits per heavy atom. The molecule has 0 saturated heterocycles. The molecule has 3 aromatic rings. The summed E-state index contributed by atoms with van der Waals surface area (Å²) in [6.45, 7) is 5.77. The maximum atomic E-state index is 11.8. The fourth-order valence-corrected chi connectivity index (χ4v) is 3.52. The maximum Gasteiger partial charge on any atom is 0.336 e. The Labute approximate surface area is 150 Å². The van der Waals surface area contributed by atoms with E-state index >= 15 is 0 Å². The van der Waals surface area contributed by atoms with Gasteiger partial charge in [0.05, 0.1) is 10.6 Å². The van der Waals surface area contributed by atoms with Crippen LogP contribution in [0.4, 0.5) is 0 Å². The van der Waals surface area contributed by atoms with E-state index in [1.807, 2.05) is 13.0 Å². The van der Waals surface area contributed by atoms with Gasteiger partial charge in [-0.15, -0.1) is 0 Å². The first kappa shape index (κ1) is 16.2. The molecule has 0 radical (unpaired) electrons. The van der Waals surface area contributed by atoms with Gasteiger partial charge in [0.1, 0.15) is 18.1 Å². The molecule has 128 valence electrons. The van der Waals surface area contributed by atoms with Crippen LogP contribution in [0, 0.1) is 13.8 Å². The Morgan fingerprint density at radius 1 is 1.16 bits per heavy atom. The van der Waals surface area contributed by atoms with E-state index in [1.54, 1.807) is 0 Å².